The zero-order valence-electron chi connectivity index (χ0n) is 15.4. The van der Waals surface area contributed by atoms with E-state index < -0.39 is 18.0 Å². The highest BCUT2D eigenvalue weighted by atomic mass is 16.7. The molecule has 2 aromatic rings. The minimum Gasteiger partial charge on any atom is -0.454 e. The van der Waals surface area contributed by atoms with Gasteiger partial charge in [0, 0.05) is 11.6 Å². The van der Waals surface area contributed by atoms with Gasteiger partial charge in [0.05, 0.1) is 5.69 Å². The summed E-state index contributed by atoms with van der Waals surface area (Å²) in [7, 11) is 0. The van der Waals surface area contributed by atoms with E-state index in [0.29, 0.717) is 22.7 Å². The molecule has 1 N–H and O–H groups in total. The summed E-state index contributed by atoms with van der Waals surface area (Å²) in [6.45, 7) is 3.04. The van der Waals surface area contributed by atoms with Crippen molar-refractivity contribution >= 4 is 29.4 Å². The molecule has 0 aliphatic carbocycles. The molecule has 28 heavy (non-hydrogen) atoms. The lowest BCUT2D eigenvalue weighted by atomic mass is 10.1. The van der Waals surface area contributed by atoms with Gasteiger partial charge in [-0.1, -0.05) is 18.2 Å². The largest absolute Gasteiger partial charge is 0.454 e. The van der Waals surface area contributed by atoms with Crippen molar-refractivity contribution in [2.75, 3.05) is 12.1 Å². The Hall–Kier alpha value is -3.61. The third kappa shape index (κ3) is 4.56. The van der Waals surface area contributed by atoms with E-state index in [1.54, 1.807) is 48.5 Å². The van der Waals surface area contributed by atoms with E-state index in [2.05, 4.69) is 5.32 Å². The second kappa shape index (κ2) is 8.39. The molecule has 0 saturated carbocycles. The molecule has 0 radical (unpaired) electrons. The van der Waals surface area contributed by atoms with Gasteiger partial charge < -0.3 is 19.5 Å². The molecule has 7 heteroatoms. The molecule has 1 heterocycles. The van der Waals surface area contributed by atoms with E-state index in [4.69, 9.17) is 14.2 Å². The molecule has 7 nitrogen and oxygen atoms in total. The Morgan fingerprint density at radius 3 is 2.64 bits per heavy atom. The molecule has 1 amide bonds. The highest BCUT2D eigenvalue weighted by Gasteiger charge is 2.19. The van der Waals surface area contributed by atoms with E-state index in [1.807, 2.05) is 0 Å². The number of nitrogens with one attached hydrogen (secondary N) is 1. The first-order valence-corrected chi connectivity index (χ1v) is 8.63. The number of amides is 1. The summed E-state index contributed by atoms with van der Waals surface area (Å²) in [6.07, 6.45) is 1.75. The van der Waals surface area contributed by atoms with Gasteiger partial charge in [0.2, 0.25) is 6.79 Å². The van der Waals surface area contributed by atoms with Crippen molar-refractivity contribution in [3.63, 3.8) is 0 Å². The van der Waals surface area contributed by atoms with Gasteiger partial charge in [-0.2, -0.15) is 0 Å². The van der Waals surface area contributed by atoms with Gasteiger partial charge in [-0.25, -0.2) is 4.79 Å². The van der Waals surface area contributed by atoms with Crippen LogP contribution in [0.25, 0.3) is 6.08 Å². The first-order valence-electron chi connectivity index (χ1n) is 8.63. The molecule has 1 atom stereocenters. The fourth-order valence-electron chi connectivity index (χ4n) is 2.58. The van der Waals surface area contributed by atoms with Crippen molar-refractivity contribution in [3.05, 3.63) is 59.7 Å². The Kier molecular flexibility index (Phi) is 5.74. The third-order valence-corrected chi connectivity index (χ3v) is 4.03. The Morgan fingerprint density at radius 1 is 1.11 bits per heavy atom. The van der Waals surface area contributed by atoms with Crippen LogP contribution in [0.2, 0.25) is 0 Å². The van der Waals surface area contributed by atoms with Gasteiger partial charge in [-0.05, 0) is 49.8 Å². The van der Waals surface area contributed by atoms with Crippen molar-refractivity contribution in [1.82, 2.24) is 0 Å². The maximum absolute atomic E-state index is 12.3. The number of Topliss-reactive ketones (excluding diaryl/α,β-unsaturated/α-hetero) is 1. The number of carbonyl (C=O) groups is 3. The van der Waals surface area contributed by atoms with Crippen LogP contribution in [0.15, 0.2) is 48.5 Å². The van der Waals surface area contributed by atoms with Gasteiger partial charge in [0.1, 0.15) is 0 Å². The number of carbonyl (C=O) groups excluding carboxylic acids is 3. The summed E-state index contributed by atoms with van der Waals surface area (Å²) in [4.78, 5) is 35.9. The highest BCUT2D eigenvalue weighted by molar-refractivity contribution is 6.05. The molecule has 2 aromatic carbocycles. The molecule has 0 bridgehead atoms. The van der Waals surface area contributed by atoms with Crippen LogP contribution in [0, 0.1) is 0 Å². The quantitative estimate of drug-likeness (QED) is 0.469. The minimum absolute atomic E-state index is 0.171. The molecular weight excluding hydrogens is 362 g/mol. The van der Waals surface area contributed by atoms with E-state index in [9.17, 15) is 14.4 Å². The third-order valence-electron chi connectivity index (χ3n) is 4.03. The number of fused-ring (bicyclic) bond motifs is 1. The topological polar surface area (TPSA) is 90.9 Å². The number of hydrogen-bond donors (Lipinski definition) is 1. The van der Waals surface area contributed by atoms with E-state index in [0.717, 1.165) is 5.56 Å². The summed E-state index contributed by atoms with van der Waals surface area (Å²) in [6, 6.07) is 11.9. The molecule has 1 aliphatic rings. The number of ketones is 1. The van der Waals surface area contributed by atoms with Crippen LogP contribution in [-0.2, 0) is 14.3 Å². The molecule has 0 saturated heterocycles. The van der Waals surface area contributed by atoms with E-state index in [-0.39, 0.29) is 12.6 Å². The number of para-hydroxylation sites is 1. The Balaban J connectivity index is 1.58. The monoisotopic (exact) mass is 381 g/mol. The average Bonchev–Trinajstić information content (AvgIpc) is 3.14. The summed E-state index contributed by atoms with van der Waals surface area (Å²) >= 11 is 0. The predicted octanol–water partition coefficient (Wildman–Crippen LogP) is 3.20. The second-order valence-electron chi connectivity index (χ2n) is 6.12. The summed E-state index contributed by atoms with van der Waals surface area (Å²) in [5.74, 6) is -0.117. The van der Waals surface area contributed by atoms with E-state index >= 15 is 0 Å². The number of anilines is 1. The van der Waals surface area contributed by atoms with Crippen molar-refractivity contribution in [2.45, 2.75) is 20.0 Å². The molecule has 0 spiro atoms. The van der Waals surface area contributed by atoms with Crippen molar-refractivity contribution in [2.24, 2.45) is 0 Å². The first kappa shape index (κ1) is 19.2. The zero-order valence-corrected chi connectivity index (χ0v) is 15.4. The molecule has 144 valence electrons. The number of hydrogen-bond acceptors (Lipinski definition) is 6. The Labute approximate surface area is 161 Å². The van der Waals surface area contributed by atoms with Crippen LogP contribution in [0.5, 0.6) is 11.5 Å². The van der Waals surface area contributed by atoms with Gasteiger partial charge in [0.25, 0.3) is 5.91 Å². The fourth-order valence-corrected chi connectivity index (χ4v) is 2.58. The standard InChI is InChI=1S/C21H19NO6/c1-13(23)16-5-3-4-6-17(16)22-21(25)14(2)28-20(24)10-8-15-7-9-18-19(11-15)27-12-26-18/h3-11,14H,12H2,1-2H3,(H,22,25)/b10-8+. The maximum Gasteiger partial charge on any atom is 0.331 e. The first-order chi connectivity index (χ1) is 13.4. The number of rotatable bonds is 6. The second-order valence-corrected chi connectivity index (χ2v) is 6.12. The van der Waals surface area contributed by atoms with Gasteiger partial charge in [0.15, 0.2) is 23.4 Å². The maximum atomic E-state index is 12.3. The molecule has 1 aliphatic heterocycles. The Bertz CT molecular complexity index is 950. The molecule has 1 unspecified atom stereocenters. The van der Waals surface area contributed by atoms with Gasteiger partial charge in [-0.3, -0.25) is 9.59 Å². The van der Waals surface area contributed by atoms with Crippen LogP contribution in [0.3, 0.4) is 0 Å². The van der Waals surface area contributed by atoms with E-state index in [1.165, 1.54) is 19.9 Å². The van der Waals surface area contributed by atoms with Crippen LogP contribution in [0.1, 0.15) is 29.8 Å². The lowest BCUT2D eigenvalue weighted by Gasteiger charge is -2.14. The summed E-state index contributed by atoms with van der Waals surface area (Å²) in [5, 5.41) is 2.61. The van der Waals surface area contributed by atoms with Crippen molar-refractivity contribution in [3.8, 4) is 11.5 Å². The number of benzene rings is 2. The summed E-state index contributed by atoms with van der Waals surface area (Å²) < 4.78 is 15.6. The lowest BCUT2D eigenvalue weighted by molar-refractivity contribution is -0.148. The van der Waals surface area contributed by atoms with Crippen molar-refractivity contribution < 1.29 is 28.6 Å². The summed E-state index contributed by atoms with van der Waals surface area (Å²) in [5.41, 5.74) is 1.49. The Morgan fingerprint density at radius 2 is 1.86 bits per heavy atom. The van der Waals surface area contributed by atoms with Crippen LogP contribution in [0.4, 0.5) is 5.69 Å². The number of esters is 1. The molecule has 3 rings (SSSR count). The molecule has 0 aromatic heterocycles. The van der Waals surface area contributed by atoms with Gasteiger partial charge >= 0.3 is 5.97 Å². The number of ether oxygens (including phenoxy) is 3. The molecule has 0 fully saturated rings. The zero-order chi connectivity index (χ0) is 20.1. The van der Waals surface area contributed by atoms with Gasteiger partial charge in [-0.15, -0.1) is 0 Å². The fraction of sp³-hybridized carbons (Fsp3) is 0.190. The van der Waals surface area contributed by atoms with Crippen LogP contribution < -0.4 is 14.8 Å². The predicted molar refractivity (Wildman–Crippen MR) is 102 cm³/mol. The lowest BCUT2D eigenvalue weighted by Crippen LogP contribution is -2.30. The smallest absolute Gasteiger partial charge is 0.331 e. The van der Waals surface area contributed by atoms with Crippen LogP contribution in [-0.4, -0.2) is 30.6 Å². The van der Waals surface area contributed by atoms with Crippen molar-refractivity contribution in [1.29, 1.82) is 0 Å². The van der Waals surface area contributed by atoms with Crippen LogP contribution >= 0.6 is 0 Å². The molecular formula is C21H19NO6. The minimum atomic E-state index is -1.03. The average molecular weight is 381 g/mol. The SMILES string of the molecule is CC(=O)c1ccccc1NC(=O)C(C)OC(=O)/C=C/c1ccc2c(c1)OCO2. The highest BCUT2D eigenvalue weighted by Crippen LogP contribution is 2.32. The normalized spacial score (nSPS) is 13.2.